The minimum atomic E-state index is -0.384. The second-order valence-electron chi connectivity index (χ2n) is 10.5. The zero-order valence-corrected chi connectivity index (χ0v) is 19.2. The van der Waals surface area contributed by atoms with Crippen LogP contribution in [0.15, 0.2) is 36.4 Å². The highest BCUT2D eigenvalue weighted by atomic mass is 16.5. The lowest BCUT2D eigenvalue weighted by molar-refractivity contribution is -0.149. The summed E-state index contributed by atoms with van der Waals surface area (Å²) in [5, 5.41) is 0. The number of allylic oxidation sites excluding steroid dienone is 2. The Kier molecular flexibility index (Phi) is 5.12. The molecule has 1 aromatic carbocycles. The molecule has 0 spiro atoms. The highest BCUT2D eigenvalue weighted by Gasteiger charge is 2.67. The van der Waals surface area contributed by atoms with Gasteiger partial charge in [0.15, 0.2) is 12.4 Å². The number of Topliss-reactive ketones (excluding diaryl/α,β-unsaturated/α-hetero) is 1. The van der Waals surface area contributed by atoms with Gasteiger partial charge in [-0.05, 0) is 67.9 Å². The number of imide groups is 1. The molecule has 34 heavy (non-hydrogen) atoms. The number of hydrogen-bond donors (Lipinski definition) is 0. The topological polar surface area (TPSA) is 90.0 Å². The van der Waals surface area contributed by atoms with Crippen molar-refractivity contribution in [2.45, 2.75) is 38.1 Å². The Morgan fingerprint density at radius 1 is 0.971 bits per heavy atom. The Hall–Kier alpha value is -2.96. The van der Waals surface area contributed by atoms with Crippen LogP contribution in [0, 0.1) is 41.4 Å². The second-order valence-corrected chi connectivity index (χ2v) is 10.5. The molecule has 1 heterocycles. The molecule has 7 rings (SSSR count). The normalized spacial score (nSPS) is 37.3. The minimum Gasteiger partial charge on any atom is -0.497 e. The molecule has 6 aliphatic rings. The van der Waals surface area contributed by atoms with Crippen LogP contribution in [-0.2, 0) is 19.1 Å². The van der Waals surface area contributed by atoms with Crippen LogP contribution in [0.5, 0.6) is 5.75 Å². The monoisotopic (exact) mass is 463 g/mol. The smallest absolute Gasteiger partial charge is 0.309 e. The van der Waals surface area contributed by atoms with Gasteiger partial charge in [-0.15, -0.1) is 0 Å². The van der Waals surface area contributed by atoms with E-state index in [0.29, 0.717) is 48.8 Å². The lowest BCUT2D eigenvalue weighted by Gasteiger charge is -2.37. The Labute approximate surface area is 198 Å². The summed E-state index contributed by atoms with van der Waals surface area (Å²) in [6.07, 6.45) is 7.86. The standard InChI is InChI=1S/C27H29NO6/c1-33-17-4-2-3-15(11-17)22(29)13-34-27(32)14-5-7-16(8-6-14)28-25(30)23-18-9-10-19(21-12-20(18)21)24(23)26(28)31/h2-4,9-11,14,16,18-21,23-24H,5-8,12-13H2,1H3/t14?,16?,18-,19-,20-,21-,23+,24+/m1/s1. The van der Waals surface area contributed by atoms with Crippen molar-refractivity contribution in [3.05, 3.63) is 42.0 Å². The van der Waals surface area contributed by atoms with Crippen LogP contribution in [0.3, 0.4) is 0 Å². The molecule has 0 unspecified atom stereocenters. The minimum absolute atomic E-state index is 0.00890. The first-order valence-electron chi connectivity index (χ1n) is 12.4. The molecule has 2 amide bonds. The van der Waals surface area contributed by atoms with Gasteiger partial charge in [0, 0.05) is 11.6 Å². The maximum atomic E-state index is 13.3. The number of ether oxygens (including phenoxy) is 2. The molecule has 0 N–H and O–H groups in total. The van der Waals surface area contributed by atoms with Crippen LogP contribution in [0.25, 0.3) is 0 Å². The van der Waals surface area contributed by atoms with Crippen LogP contribution in [0.2, 0.25) is 0 Å². The zero-order chi connectivity index (χ0) is 23.6. The predicted octanol–water partition coefficient (Wildman–Crippen LogP) is 3.03. The number of carbonyl (C=O) groups excluding carboxylic acids is 4. The van der Waals surface area contributed by atoms with Crippen molar-refractivity contribution in [3.8, 4) is 5.75 Å². The third-order valence-corrected chi connectivity index (χ3v) is 8.83. The summed E-state index contributed by atoms with van der Waals surface area (Å²) >= 11 is 0. The van der Waals surface area contributed by atoms with Gasteiger partial charge in [-0.3, -0.25) is 24.1 Å². The summed E-state index contributed by atoms with van der Waals surface area (Å²) in [7, 11) is 1.53. The van der Waals surface area contributed by atoms with Crippen molar-refractivity contribution in [1.82, 2.24) is 4.90 Å². The highest BCUT2D eigenvalue weighted by molar-refractivity contribution is 6.06. The lowest BCUT2D eigenvalue weighted by atomic mass is 9.63. The number of ketones is 1. The van der Waals surface area contributed by atoms with Gasteiger partial charge >= 0.3 is 5.97 Å². The van der Waals surface area contributed by atoms with Crippen LogP contribution < -0.4 is 4.74 Å². The third-order valence-electron chi connectivity index (χ3n) is 8.83. The SMILES string of the molecule is COc1cccc(C(=O)COC(=O)C2CCC(N3C(=O)[C@H]4[C@@H]5C=C[C@H]([C@H]6C[C@H]56)[C@@H]4C3=O)CC2)c1. The summed E-state index contributed by atoms with van der Waals surface area (Å²) in [6.45, 7) is -0.309. The van der Waals surface area contributed by atoms with Gasteiger partial charge in [0.1, 0.15) is 5.75 Å². The van der Waals surface area contributed by atoms with Crippen molar-refractivity contribution in [3.63, 3.8) is 0 Å². The lowest BCUT2D eigenvalue weighted by Crippen LogP contribution is -2.44. The molecule has 0 radical (unpaired) electrons. The quantitative estimate of drug-likeness (QED) is 0.279. The molecule has 7 heteroatoms. The molecule has 178 valence electrons. The van der Waals surface area contributed by atoms with Crippen LogP contribution >= 0.6 is 0 Å². The Morgan fingerprint density at radius 3 is 2.24 bits per heavy atom. The van der Waals surface area contributed by atoms with Crippen molar-refractivity contribution in [1.29, 1.82) is 0 Å². The maximum absolute atomic E-state index is 13.3. The number of esters is 1. The van der Waals surface area contributed by atoms with Gasteiger partial charge < -0.3 is 9.47 Å². The fourth-order valence-corrected chi connectivity index (χ4v) is 7.04. The molecule has 5 aliphatic carbocycles. The maximum Gasteiger partial charge on any atom is 0.309 e. The molecule has 1 aliphatic heterocycles. The van der Waals surface area contributed by atoms with E-state index in [1.807, 2.05) is 0 Å². The number of methoxy groups -OCH3 is 1. The van der Waals surface area contributed by atoms with Gasteiger partial charge in [-0.2, -0.15) is 0 Å². The van der Waals surface area contributed by atoms with E-state index in [2.05, 4.69) is 12.2 Å². The number of hydrogen-bond acceptors (Lipinski definition) is 6. The van der Waals surface area contributed by atoms with E-state index in [4.69, 9.17) is 9.47 Å². The fraction of sp³-hybridized carbons (Fsp3) is 0.556. The summed E-state index contributed by atoms with van der Waals surface area (Å²) < 4.78 is 10.5. The number of rotatable bonds is 6. The average molecular weight is 464 g/mol. The number of carbonyl (C=O) groups is 4. The molecule has 7 nitrogen and oxygen atoms in total. The van der Waals surface area contributed by atoms with Gasteiger partial charge in [0.2, 0.25) is 11.8 Å². The first kappa shape index (κ1) is 21.6. The van der Waals surface area contributed by atoms with E-state index >= 15 is 0 Å². The van der Waals surface area contributed by atoms with Crippen molar-refractivity contribution >= 4 is 23.6 Å². The van der Waals surface area contributed by atoms with Crippen LogP contribution in [-0.4, -0.2) is 48.2 Å². The first-order chi connectivity index (χ1) is 16.5. The van der Waals surface area contributed by atoms with E-state index in [1.54, 1.807) is 29.2 Å². The number of likely N-dealkylation sites (tertiary alicyclic amines) is 1. The molecule has 1 saturated heterocycles. The molecular formula is C27H29NO6. The van der Waals surface area contributed by atoms with Crippen molar-refractivity contribution in [2.75, 3.05) is 13.7 Å². The summed E-state index contributed by atoms with van der Waals surface area (Å²) in [6, 6.07) is 6.61. The highest BCUT2D eigenvalue weighted by Crippen LogP contribution is 2.65. The van der Waals surface area contributed by atoms with Gasteiger partial charge in [-0.1, -0.05) is 24.3 Å². The fourth-order valence-electron chi connectivity index (χ4n) is 7.04. The number of benzene rings is 1. The van der Waals surface area contributed by atoms with Crippen molar-refractivity contribution < 1.29 is 28.7 Å². The van der Waals surface area contributed by atoms with E-state index < -0.39 is 0 Å². The van der Waals surface area contributed by atoms with E-state index in [1.165, 1.54) is 7.11 Å². The summed E-state index contributed by atoms with van der Waals surface area (Å²) in [4.78, 5) is 53.2. The largest absolute Gasteiger partial charge is 0.497 e. The Balaban J connectivity index is 1.04. The molecule has 0 aromatic heterocycles. The van der Waals surface area contributed by atoms with Crippen LogP contribution in [0.1, 0.15) is 42.5 Å². The first-order valence-corrected chi connectivity index (χ1v) is 12.4. The molecule has 2 bridgehead atoms. The molecule has 1 aromatic rings. The summed E-state index contributed by atoms with van der Waals surface area (Å²) in [5.41, 5.74) is 0.435. The van der Waals surface area contributed by atoms with Crippen LogP contribution in [0.4, 0.5) is 0 Å². The average Bonchev–Trinajstić information content (AvgIpc) is 3.65. The molecule has 3 saturated carbocycles. The second kappa shape index (κ2) is 8.07. The van der Waals surface area contributed by atoms with Gasteiger partial charge in [0.25, 0.3) is 0 Å². The number of amides is 2. The van der Waals surface area contributed by atoms with Crippen molar-refractivity contribution in [2.24, 2.45) is 41.4 Å². The van der Waals surface area contributed by atoms with E-state index in [0.717, 1.165) is 6.42 Å². The third kappa shape index (κ3) is 3.31. The molecular weight excluding hydrogens is 434 g/mol. The molecule has 6 atom stereocenters. The predicted molar refractivity (Wildman–Crippen MR) is 121 cm³/mol. The Morgan fingerprint density at radius 2 is 1.62 bits per heavy atom. The van der Waals surface area contributed by atoms with Gasteiger partial charge in [0.05, 0.1) is 24.9 Å². The Bertz CT molecular complexity index is 1050. The summed E-state index contributed by atoms with van der Waals surface area (Å²) in [5.74, 6) is 0.929. The van der Waals surface area contributed by atoms with E-state index in [9.17, 15) is 19.2 Å². The number of nitrogens with zero attached hydrogens (tertiary/aromatic N) is 1. The van der Waals surface area contributed by atoms with E-state index in [-0.39, 0.29) is 65.8 Å². The zero-order valence-electron chi connectivity index (χ0n) is 19.2. The van der Waals surface area contributed by atoms with Gasteiger partial charge in [-0.25, -0.2) is 0 Å². The molecule has 4 fully saturated rings.